The van der Waals surface area contributed by atoms with Gasteiger partial charge in [0.15, 0.2) is 0 Å². The van der Waals surface area contributed by atoms with Gasteiger partial charge in [-0.05, 0) is 84.1 Å². The number of halogens is 2. The molecule has 10 heteroatoms. The first-order chi connectivity index (χ1) is 22.4. The Morgan fingerprint density at radius 3 is 2.40 bits per heavy atom. The van der Waals surface area contributed by atoms with Crippen molar-refractivity contribution in [2.75, 3.05) is 25.5 Å². The van der Waals surface area contributed by atoms with Gasteiger partial charge in [0, 0.05) is 36.7 Å². The van der Waals surface area contributed by atoms with E-state index in [2.05, 4.69) is 20.9 Å². The molecule has 0 bridgehead atoms. The van der Waals surface area contributed by atoms with Gasteiger partial charge in [-0.2, -0.15) is 0 Å². The molecular formula is C37H35ClFN5O3. The number of nitrogens with one attached hydrogen (secondary N) is 3. The second-order valence-corrected chi connectivity index (χ2v) is 11.5. The van der Waals surface area contributed by atoms with Crippen molar-refractivity contribution in [1.29, 1.82) is 0 Å². The number of hydrogen-bond acceptors (Lipinski definition) is 5. The molecule has 0 saturated carbocycles. The van der Waals surface area contributed by atoms with Crippen LogP contribution in [0, 0.1) is 5.82 Å². The molecule has 0 aliphatic carbocycles. The van der Waals surface area contributed by atoms with E-state index in [-0.39, 0.29) is 36.6 Å². The summed E-state index contributed by atoms with van der Waals surface area (Å²) in [5.41, 5.74) is 4.03. The normalized spacial score (nSPS) is 14.6. The second-order valence-electron chi connectivity index (χ2n) is 11.5. The Morgan fingerprint density at radius 2 is 1.66 bits per heavy atom. The van der Waals surface area contributed by atoms with Crippen LogP contribution in [0.2, 0.25) is 0 Å². The number of rotatable bonds is 9. The fourth-order valence-electron chi connectivity index (χ4n) is 5.81. The highest BCUT2D eigenvalue weighted by atomic mass is 35.5. The maximum absolute atomic E-state index is 13.6. The van der Waals surface area contributed by atoms with Gasteiger partial charge in [0.2, 0.25) is 5.91 Å². The van der Waals surface area contributed by atoms with E-state index < -0.39 is 11.9 Å². The van der Waals surface area contributed by atoms with Crippen LogP contribution in [0.25, 0.3) is 10.9 Å². The number of anilines is 1. The van der Waals surface area contributed by atoms with Gasteiger partial charge >= 0.3 is 0 Å². The lowest BCUT2D eigenvalue weighted by Crippen LogP contribution is -2.41. The minimum Gasteiger partial charge on any atom is -0.339 e. The second kappa shape index (κ2) is 15.0. The Morgan fingerprint density at radius 1 is 0.915 bits per heavy atom. The van der Waals surface area contributed by atoms with Gasteiger partial charge in [-0.3, -0.25) is 14.4 Å². The fraction of sp³-hybridized carbons (Fsp3) is 0.189. The molecule has 8 nitrogen and oxygen atoms in total. The molecule has 1 fully saturated rings. The quantitative estimate of drug-likeness (QED) is 0.175. The van der Waals surface area contributed by atoms with Crippen molar-refractivity contribution in [2.24, 2.45) is 0 Å². The van der Waals surface area contributed by atoms with Crippen LogP contribution in [-0.4, -0.2) is 47.7 Å². The molecular weight excluding hydrogens is 617 g/mol. The third-order valence-electron chi connectivity index (χ3n) is 8.26. The van der Waals surface area contributed by atoms with Gasteiger partial charge in [-0.1, -0.05) is 60.7 Å². The van der Waals surface area contributed by atoms with E-state index in [9.17, 15) is 18.8 Å². The molecule has 1 aliphatic heterocycles. The van der Waals surface area contributed by atoms with E-state index in [0.29, 0.717) is 39.3 Å². The molecule has 3 N–H and O–H groups in total. The summed E-state index contributed by atoms with van der Waals surface area (Å²) in [5.74, 6) is -0.591. The molecule has 0 spiro atoms. The predicted octanol–water partition coefficient (Wildman–Crippen LogP) is 6.25. The Bertz CT molecular complexity index is 1880. The van der Waals surface area contributed by atoms with Crippen LogP contribution in [0.1, 0.15) is 55.8 Å². The molecule has 1 saturated heterocycles. The summed E-state index contributed by atoms with van der Waals surface area (Å²) in [5, 5.41) is 9.89. The highest BCUT2D eigenvalue weighted by molar-refractivity contribution is 6.06. The number of carbonyl (C=O) groups excluding carboxylic acids is 3. The molecule has 3 amide bonds. The number of carbonyl (C=O) groups is 3. The van der Waals surface area contributed by atoms with E-state index in [1.165, 1.54) is 17.0 Å². The van der Waals surface area contributed by atoms with E-state index >= 15 is 0 Å². The van der Waals surface area contributed by atoms with Crippen LogP contribution in [0.3, 0.4) is 0 Å². The van der Waals surface area contributed by atoms with Crippen molar-refractivity contribution in [3.63, 3.8) is 0 Å². The first-order valence-corrected chi connectivity index (χ1v) is 15.2. The Labute approximate surface area is 278 Å². The molecule has 1 aliphatic rings. The van der Waals surface area contributed by atoms with Crippen molar-refractivity contribution in [2.45, 2.75) is 24.9 Å². The van der Waals surface area contributed by atoms with E-state index in [1.807, 2.05) is 42.5 Å². The molecule has 6 rings (SSSR count). The Balaban J connectivity index is 0.00000433. The summed E-state index contributed by atoms with van der Waals surface area (Å²) in [6.45, 7) is 2.04. The molecule has 240 valence electrons. The lowest BCUT2D eigenvalue weighted by Gasteiger charge is -2.25. The first-order valence-electron chi connectivity index (χ1n) is 15.2. The summed E-state index contributed by atoms with van der Waals surface area (Å²) < 4.78 is 13.4. The van der Waals surface area contributed by atoms with E-state index in [0.717, 1.165) is 30.6 Å². The average Bonchev–Trinajstić information content (AvgIpc) is 3.63. The van der Waals surface area contributed by atoms with Crippen LogP contribution in [0.5, 0.6) is 0 Å². The third-order valence-corrected chi connectivity index (χ3v) is 8.26. The van der Waals surface area contributed by atoms with Crippen molar-refractivity contribution in [3.05, 3.63) is 143 Å². The van der Waals surface area contributed by atoms with Crippen LogP contribution in [0.15, 0.2) is 109 Å². The monoisotopic (exact) mass is 651 g/mol. The standard InChI is InChI=1S/C37H34FN5O3.ClH/c1-43(23-24-11-15-29(38)16-12-24)37(46)34(25-7-3-2-4-8-25)42-35(44)27-13-17-32-26(21-27)14-18-33(40-32)41-36(45)31-10-6-5-9-30(31)28-19-20-39-22-28;/h2-18,21,28,34,39H,19-20,22-23H2,1H3,(H,42,44)(H,40,41,45);1H/t28?,34-;/m0./s1. The molecule has 5 aromatic rings. The van der Waals surface area contributed by atoms with Crippen LogP contribution >= 0.6 is 12.4 Å². The number of benzene rings is 4. The number of fused-ring (bicyclic) bond motifs is 1. The number of likely N-dealkylation sites (N-methyl/N-ethyl adjacent to an activating group) is 1. The van der Waals surface area contributed by atoms with Gasteiger partial charge in [-0.15, -0.1) is 12.4 Å². The summed E-state index contributed by atoms with van der Waals surface area (Å²) >= 11 is 0. The first kappa shape index (κ1) is 33.2. The van der Waals surface area contributed by atoms with E-state index in [1.54, 1.807) is 61.6 Å². The maximum Gasteiger partial charge on any atom is 0.257 e. The number of nitrogens with zero attached hydrogens (tertiary/aromatic N) is 2. The summed E-state index contributed by atoms with van der Waals surface area (Å²) in [4.78, 5) is 46.5. The van der Waals surface area contributed by atoms with Gasteiger partial charge in [0.1, 0.15) is 17.7 Å². The summed E-state index contributed by atoms with van der Waals surface area (Å²) in [7, 11) is 1.65. The van der Waals surface area contributed by atoms with Crippen LogP contribution < -0.4 is 16.0 Å². The zero-order valence-corrected chi connectivity index (χ0v) is 26.6. The molecule has 2 heterocycles. The van der Waals surface area contributed by atoms with Crippen molar-refractivity contribution < 1.29 is 18.8 Å². The van der Waals surface area contributed by atoms with Gasteiger partial charge < -0.3 is 20.9 Å². The maximum atomic E-state index is 13.6. The molecule has 2 atom stereocenters. The van der Waals surface area contributed by atoms with Crippen molar-refractivity contribution in [3.8, 4) is 0 Å². The highest BCUT2D eigenvalue weighted by Gasteiger charge is 2.27. The van der Waals surface area contributed by atoms with Gasteiger partial charge in [0.05, 0.1) is 5.52 Å². The Hall–Kier alpha value is -5.12. The van der Waals surface area contributed by atoms with Crippen LogP contribution in [0.4, 0.5) is 10.2 Å². The Kier molecular flexibility index (Phi) is 10.6. The smallest absolute Gasteiger partial charge is 0.257 e. The molecule has 47 heavy (non-hydrogen) atoms. The number of hydrogen-bond donors (Lipinski definition) is 3. The SMILES string of the molecule is CN(Cc1ccc(F)cc1)C(=O)[C@@H](NC(=O)c1ccc2nc(NC(=O)c3ccccc3C3CCNC3)ccc2c1)c1ccccc1.Cl. The highest BCUT2D eigenvalue weighted by Crippen LogP contribution is 2.27. The number of aromatic nitrogens is 1. The van der Waals surface area contributed by atoms with Crippen molar-refractivity contribution in [1.82, 2.24) is 20.5 Å². The summed E-state index contributed by atoms with van der Waals surface area (Å²) in [6, 6.07) is 30.3. The topological polar surface area (TPSA) is 103 Å². The van der Waals surface area contributed by atoms with Crippen molar-refractivity contribution >= 4 is 46.8 Å². The molecule has 1 aromatic heterocycles. The molecule has 1 unspecified atom stereocenters. The lowest BCUT2D eigenvalue weighted by atomic mass is 9.93. The molecule has 0 radical (unpaired) electrons. The zero-order chi connectivity index (χ0) is 32.0. The van der Waals surface area contributed by atoms with Gasteiger partial charge in [0.25, 0.3) is 11.8 Å². The minimum atomic E-state index is -0.937. The fourth-order valence-corrected chi connectivity index (χ4v) is 5.81. The predicted molar refractivity (Wildman–Crippen MR) is 183 cm³/mol. The largest absolute Gasteiger partial charge is 0.339 e. The third kappa shape index (κ3) is 7.82. The lowest BCUT2D eigenvalue weighted by molar-refractivity contribution is -0.132. The number of amides is 3. The average molecular weight is 652 g/mol. The van der Waals surface area contributed by atoms with E-state index in [4.69, 9.17) is 0 Å². The minimum absolute atomic E-state index is 0. The van der Waals surface area contributed by atoms with Gasteiger partial charge in [-0.25, -0.2) is 9.37 Å². The summed E-state index contributed by atoms with van der Waals surface area (Å²) in [6.07, 6.45) is 0.987. The number of pyridine rings is 1. The van der Waals surface area contributed by atoms with Crippen LogP contribution in [-0.2, 0) is 11.3 Å². The zero-order valence-electron chi connectivity index (χ0n) is 25.8. The molecule has 4 aromatic carbocycles.